The zero-order valence-corrected chi connectivity index (χ0v) is 10.1. The normalized spacial score (nSPS) is 24.3. The summed E-state index contributed by atoms with van der Waals surface area (Å²) < 4.78 is 5.89. The Morgan fingerprint density at radius 1 is 1.47 bits per heavy atom. The highest BCUT2D eigenvalue weighted by Gasteiger charge is 2.20. The quantitative estimate of drug-likeness (QED) is 0.621. The van der Waals surface area contributed by atoms with Gasteiger partial charge in [0.2, 0.25) is 0 Å². The summed E-state index contributed by atoms with van der Waals surface area (Å²) >= 11 is 0. The van der Waals surface area contributed by atoms with Crippen LogP contribution in [0, 0.1) is 11.3 Å². The molecule has 1 aromatic rings. The maximum atomic E-state index is 7.26. The van der Waals surface area contributed by atoms with Crippen LogP contribution >= 0.6 is 0 Å². The summed E-state index contributed by atoms with van der Waals surface area (Å²) in [7, 11) is 0. The van der Waals surface area contributed by atoms with Crippen LogP contribution in [-0.4, -0.2) is 16.9 Å². The fraction of sp³-hybridized carbons (Fsp3) is 0.538. The van der Waals surface area contributed by atoms with Gasteiger partial charge in [0.05, 0.1) is 12.3 Å². The van der Waals surface area contributed by atoms with Crippen molar-refractivity contribution in [1.29, 1.82) is 5.41 Å². The van der Waals surface area contributed by atoms with Crippen molar-refractivity contribution in [3.05, 3.63) is 24.0 Å². The first-order valence-corrected chi connectivity index (χ1v) is 6.12. The van der Waals surface area contributed by atoms with E-state index in [-0.39, 0.29) is 5.84 Å². The van der Waals surface area contributed by atoms with Crippen LogP contribution in [0.4, 0.5) is 0 Å². The molecule has 1 fully saturated rings. The molecular formula is C13H19N3O. The lowest BCUT2D eigenvalue weighted by molar-refractivity contribution is 0.129. The number of nitrogens with one attached hydrogen (secondary N) is 1. The summed E-state index contributed by atoms with van der Waals surface area (Å²) in [6, 6.07) is 3.56. The minimum absolute atomic E-state index is 0.0113. The minimum Gasteiger partial charge on any atom is -0.489 e. The van der Waals surface area contributed by atoms with E-state index < -0.39 is 0 Å². The molecule has 2 unspecified atom stereocenters. The number of aromatic nitrogens is 1. The van der Waals surface area contributed by atoms with E-state index in [2.05, 4.69) is 11.9 Å². The van der Waals surface area contributed by atoms with Gasteiger partial charge in [0.25, 0.3) is 0 Å². The molecule has 1 heterocycles. The Balaban J connectivity index is 1.96. The van der Waals surface area contributed by atoms with Crippen LogP contribution in [0.25, 0.3) is 0 Å². The second-order valence-electron chi connectivity index (χ2n) is 4.80. The summed E-state index contributed by atoms with van der Waals surface area (Å²) in [6.07, 6.45) is 6.75. The van der Waals surface area contributed by atoms with Gasteiger partial charge >= 0.3 is 0 Å². The predicted molar refractivity (Wildman–Crippen MR) is 67.3 cm³/mol. The summed E-state index contributed by atoms with van der Waals surface area (Å²) in [4.78, 5) is 4.09. The van der Waals surface area contributed by atoms with E-state index >= 15 is 0 Å². The Labute approximate surface area is 102 Å². The van der Waals surface area contributed by atoms with Crippen molar-refractivity contribution in [2.75, 3.05) is 0 Å². The van der Waals surface area contributed by atoms with Crippen LogP contribution in [0.15, 0.2) is 18.3 Å². The molecule has 2 rings (SSSR count). The number of amidine groups is 1. The molecule has 3 N–H and O–H groups in total. The first-order valence-electron chi connectivity index (χ1n) is 6.12. The van der Waals surface area contributed by atoms with Gasteiger partial charge in [-0.15, -0.1) is 0 Å². The highest BCUT2D eigenvalue weighted by atomic mass is 16.5. The van der Waals surface area contributed by atoms with E-state index in [4.69, 9.17) is 15.9 Å². The zero-order valence-electron chi connectivity index (χ0n) is 10.1. The molecule has 0 saturated heterocycles. The van der Waals surface area contributed by atoms with E-state index in [0.717, 1.165) is 24.5 Å². The van der Waals surface area contributed by atoms with Gasteiger partial charge in [0, 0.05) is 0 Å². The highest BCUT2D eigenvalue weighted by molar-refractivity contribution is 5.92. The summed E-state index contributed by atoms with van der Waals surface area (Å²) in [5.74, 6) is 1.51. The Hall–Kier alpha value is -1.58. The van der Waals surface area contributed by atoms with Gasteiger partial charge in [-0.05, 0) is 37.3 Å². The lowest BCUT2D eigenvalue weighted by Gasteiger charge is -2.27. The molecule has 1 aromatic heterocycles. The van der Waals surface area contributed by atoms with Crippen LogP contribution in [-0.2, 0) is 0 Å². The second-order valence-corrected chi connectivity index (χ2v) is 4.80. The fourth-order valence-electron chi connectivity index (χ4n) is 2.29. The van der Waals surface area contributed by atoms with Crippen molar-refractivity contribution < 1.29 is 4.74 Å². The number of hydrogen-bond donors (Lipinski definition) is 2. The third-order valence-electron chi connectivity index (χ3n) is 3.20. The highest BCUT2D eigenvalue weighted by Crippen LogP contribution is 2.27. The summed E-state index contributed by atoms with van der Waals surface area (Å²) in [5.41, 5.74) is 5.84. The van der Waals surface area contributed by atoms with Crippen LogP contribution in [0.5, 0.6) is 5.75 Å². The molecule has 1 aliphatic carbocycles. The SMILES string of the molecule is CC1CCCC(Oc2ccc(C(=N)N)nc2)C1. The molecule has 4 nitrogen and oxygen atoms in total. The van der Waals surface area contributed by atoms with Crippen molar-refractivity contribution in [2.45, 2.75) is 38.7 Å². The van der Waals surface area contributed by atoms with Crippen molar-refractivity contribution in [3.8, 4) is 5.75 Å². The van der Waals surface area contributed by atoms with E-state index in [1.54, 1.807) is 12.3 Å². The topological polar surface area (TPSA) is 72.0 Å². The fourth-order valence-corrected chi connectivity index (χ4v) is 2.29. The van der Waals surface area contributed by atoms with Crippen molar-refractivity contribution in [3.63, 3.8) is 0 Å². The molecule has 0 aromatic carbocycles. The smallest absolute Gasteiger partial charge is 0.141 e. The van der Waals surface area contributed by atoms with E-state index in [9.17, 15) is 0 Å². The maximum absolute atomic E-state index is 7.26. The number of nitrogen functional groups attached to an aromatic ring is 1. The molecule has 2 atom stereocenters. The average Bonchev–Trinajstić information content (AvgIpc) is 2.29. The molecule has 0 spiro atoms. The maximum Gasteiger partial charge on any atom is 0.141 e. The molecule has 0 aliphatic heterocycles. The Bertz CT molecular complexity index is 388. The lowest BCUT2D eigenvalue weighted by Crippen LogP contribution is -2.24. The monoisotopic (exact) mass is 233 g/mol. The van der Waals surface area contributed by atoms with Gasteiger partial charge in [-0.25, -0.2) is 4.98 Å². The van der Waals surface area contributed by atoms with Crippen molar-refractivity contribution in [2.24, 2.45) is 11.7 Å². The summed E-state index contributed by atoms with van der Waals surface area (Å²) in [5, 5.41) is 7.26. The van der Waals surface area contributed by atoms with Gasteiger partial charge in [-0.2, -0.15) is 0 Å². The van der Waals surface area contributed by atoms with E-state index in [0.29, 0.717) is 11.8 Å². The number of ether oxygens (including phenoxy) is 1. The third-order valence-corrected chi connectivity index (χ3v) is 3.20. The Morgan fingerprint density at radius 2 is 2.29 bits per heavy atom. The standard InChI is InChI=1S/C13H19N3O/c1-9-3-2-4-10(7-9)17-11-5-6-12(13(14)15)16-8-11/h5-6,8-10H,2-4,7H2,1H3,(H3,14,15). The first-order chi connectivity index (χ1) is 8.15. The van der Waals surface area contributed by atoms with Crippen molar-refractivity contribution >= 4 is 5.84 Å². The number of rotatable bonds is 3. The van der Waals surface area contributed by atoms with E-state index in [1.165, 1.54) is 12.8 Å². The molecule has 0 amide bonds. The number of nitrogens with zero attached hydrogens (tertiary/aromatic N) is 1. The minimum atomic E-state index is -0.0113. The van der Waals surface area contributed by atoms with Gasteiger partial charge < -0.3 is 10.5 Å². The van der Waals surface area contributed by atoms with Gasteiger partial charge in [-0.3, -0.25) is 5.41 Å². The van der Waals surface area contributed by atoms with Crippen LogP contribution in [0.3, 0.4) is 0 Å². The zero-order chi connectivity index (χ0) is 12.3. The summed E-state index contributed by atoms with van der Waals surface area (Å²) in [6.45, 7) is 2.27. The molecule has 1 saturated carbocycles. The average molecular weight is 233 g/mol. The van der Waals surface area contributed by atoms with E-state index in [1.807, 2.05) is 6.07 Å². The number of nitrogens with two attached hydrogens (primary N) is 1. The molecule has 0 bridgehead atoms. The van der Waals surface area contributed by atoms with Gasteiger partial charge in [0.15, 0.2) is 0 Å². The first kappa shape index (κ1) is 11.9. The molecule has 92 valence electrons. The van der Waals surface area contributed by atoms with Gasteiger partial charge in [0.1, 0.15) is 17.3 Å². The Kier molecular flexibility index (Phi) is 3.61. The third kappa shape index (κ3) is 3.19. The van der Waals surface area contributed by atoms with Crippen LogP contribution in [0.1, 0.15) is 38.3 Å². The van der Waals surface area contributed by atoms with Crippen LogP contribution < -0.4 is 10.5 Å². The largest absolute Gasteiger partial charge is 0.489 e. The number of hydrogen-bond acceptors (Lipinski definition) is 3. The Morgan fingerprint density at radius 3 is 2.88 bits per heavy atom. The molecule has 1 aliphatic rings. The number of pyridine rings is 1. The molecule has 4 heteroatoms. The van der Waals surface area contributed by atoms with Gasteiger partial charge in [-0.1, -0.05) is 13.3 Å². The predicted octanol–water partition coefficient (Wildman–Crippen LogP) is 2.32. The molecule has 17 heavy (non-hydrogen) atoms. The van der Waals surface area contributed by atoms with Crippen molar-refractivity contribution in [1.82, 2.24) is 4.98 Å². The van der Waals surface area contributed by atoms with Crippen LogP contribution in [0.2, 0.25) is 0 Å². The lowest BCUT2D eigenvalue weighted by atomic mass is 9.89. The molecular weight excluding hydrogens is 214 g/mol. The second kappa shape index (κ2) is 5.17. The molecule has 0 radical (unpaired) electrons.